The van der Waals surface area contributed by atoms with Crippen LogP contribution in [0, 0.1) is 0 Å². The molecule has 2 aromatic heterocycles. The van der Waals surface area contributed by atoms with E-state index in [1.807, 2.05) is 30.5 Å². The van der Waals surface area contributed by atoms with E-state index in [0.717, 1.165) is 33.8 Å². The molecule has 3 rings (SSSR count). The van der Waals surface area contributed by atoms with Crippen molar-refractivity contribution in [2.24, 2.45) is 0 Å². The minimum absolute atomic E-state index is 0.453. The third-order valence-electron chi connectivity index (χ3n) is 2.38. The van der Waals surface area contributed by atoms with E-state index in [0.29, 0.717) is 5.15 Å². The van der Waals surface area contributed by atoms with Crippen molar-refractivity contribution in [2.75, 3.05) is 0 Å². The number of halogens is 1. The molecule has 0 unspecified atom stereocenters. The maximum atomic E-state index is 6.00. The van der Waals surface area contributed by atoms with E-state index in [4.69, 9.17) is 11.6 Å². The summed E-state index contributed by atoms with van der Waals surface area (Å²) >= 11 is 7.12. The monoisotopic (exact) mass is 247 g/mol. The summed E-state index contributed by atoms with van der Waals surface area (Å²) in [5, 5.41) is 2.62. The molecule has 0 aliphatic carbocycles. The predicted molar refractivity (Wildman–Crippen MR) is 65.7 cm³/mol. The van der Waals surface area contributed by atoms with Crippen LogP contribution in [0.15, 0.2) is 36.7 Å². The van der Waals surface area contributed by atoms with E-state index in [1.165, 1.54) is 0 Å². The van der Waals surface area contributed by atoms with E-state index in [2.05, 4.69) is 13.7 Å². The largest absolute Gasteiger partial charge is 0.264 e. The molecule has 0 spiro atoms. The first-order chi connectivity index (χ1) is 7.86. The van der Waals surface area contributed by atoms with Crippen molar-refractivity contribution >= 4 is 34.1 Å². The molecule has 0 atom stereocenters. The molecule has 0 fully saturated rings. The number of benzene rings is 1. The molecule has 0 aliphatic rings. The van der Waals surface area contributed by atoms with Crippen LogP contribution >= 0.6 is 23.3 Å². The van der Waals surface area contributed by atoms with Gasteiger partial charge in [0, 0.05) is 23.3 Å². The summed E-state index contributed by atoms with van der Waals surface area (Å²) in [6, 6.07) is 7.93. The fourth-order valence-corrected chi connectivity index (χ4v) is 2.42. The van der Waals surface area contributed by atoms with Crippen molar-refractivity contribution in [3.05, 3.63) is 41.8 Å². The molecule has 0 amide bonds. The van der Waals surface area contributed by atoms with Crippen LogP contribution in [0.5, 0.6) is 0 Å². The van der Waals surface area contributed by atoms with Crippen molar-refractivity contribution in [3.63, 3.8) is 0 Å². The minimum Gasteiger partial charge on any atom is -0.264 e. The van der Waals surface area contributed by atoms with Gasteiger partial charge in [-0.2, -0.15) is 8.75 Å². The zero-order valence-corrected chi connectivity index (χ0v) is 9.66. The molecule has 3 aromatic rings. The van der Waals surface area contributed by atoms with E-state index < -0.39 is 0 Å². The van der Waals surface area contributed by atoms with Crippen LogP contribution in [0.4, 0.5) is 0 Å². The summed E-state index contributed by atoms with van der Waals surface area (Å²) in [7, 11) is 0. The molecular weight excluding hydrogens is 242 g/mol. The Morgan fingerprint density at radius 1 is 1.12 bits per heavy atom. The van der Waals surface area contributed by atoms with Crippen LogP contribution in [-0.4, -0.2) is 13.7 Å². The Kier molecular flexibility index (Phi) is 2.31. The number of hydrogen-bond acceptors (Lipinski definition) is 4. The second-order valence-electron chi connectivity index (χ2n) is 3.31. The van der Waals surface area contributed by atoms with E-state index in [-0.39, 0.29) is 0 Å². The van der Waals surface area contributed by atoms with Gasteiger partial charge in [-0.05, 0) is 11.5 Å². The number of fused-ring (bicyclic) bond motifs is 1. The SMILES string of the molecule is Clc1nsnc1-c1cccc2cnccc12. The first kappa shape index (κ1) is 9.69. The second kappa shape index (κ2) is 3.81. The van der Waals surface area contributed by atoms with Crippen molar-refractivity contribution in [1.82, 2.24) is 13.7 Å². The second-order valence-corrected chi connectivity index (χ2v) is 4.19. The lowest BCUT2D eigenvalue weighted by molar-refractivity contribution is 1.36. The molecule has 78 valence electrons. The Bertz CT molecular complexity index is 645. The minimum atomic E-state index is 0.453. The lowest BCUT2D eigenvalue weighted by atomic mass is 10.0. The van der Waals surface area contributed by atoms with Gasteiger partial charge in [-0.3, -0.25) is 4.98 Å². The lowest BCUT2D eigenvalue weighted by Gasteiger charge is -2.02. The molecule has 1 aromatic carbocycles. The molecule has 2 heterocycles. The standard InChI is InChI=1S/C11H6ClN3S/c12-11-10(14-16-15-11)9-3-1-2-7-6-13-5-4-8(7)9/h1-6H. The molecule has 0 saturated carbocycles. The van der Waals surface area contributed by atoms with E-state index in [9.17, 15) is 0 Å². The number of pyridine rings is 1. The summed E-state index contributed by atoms with van der Waals surface area (Å²) in [6.45, 7) is 0. The van der Waals surface area contributed by atoms with Crippen LogP contribution in [0.25, 0.3) is 22.0 Å². The molecule has 3 nitrogen and oxygen atoms in total. The maximum Gasteiger partial charge on any atom is 0.170 e. The highest BCUT2D eigenvalue weighted by atomic mass is 35.5. The van der Waals surface area contributed by atoms with Gasteiger partial charge in [0.1, 0.15) is 5.69 Å². The Labute approximate surface area is 101 Å². The van der Waals surface area contributed by atoms with Gasteiger partial charge in [0.15, 0.2) is 5.15 Å². The average molecular weight is 248 g/mol. The zero-order chi connectivity index (χ0) is 11.0. The van der Waals surface area contributed by atoms with Crippen LogP contribution in [0.1, 0.15) is 0 Å². The Morgan fingerprint density at radius 2 is 2.06 bits per heavy atom. The van der Waals surface area contributed by atoms with Gasteiger partial charge in [0.2, 0.25) is 0 Å². The summed E-state index contributed by atoms with van der Waals surface area (Å²) in [5.74, 6) is 0. The quantitative estimate of drug-likeness (QED) is 0.662. The van der Waals surface area contributed by atoms with E-state index in [1.54, 1.807) is 6.20 Å². The number of nitrogens with zero attached hydrogens (tertiary/aromatic N) is 3. The number of rotatable bonds is 1. The summed E-state index contributed by atoms with van der Waals surface area (Å²) in [6.07, 6.45) is 3.59. The van der Waals surface area contributed by atoms with Gasteiger partial charge in [-0.1, -0.05) is 29.8 Å². The first-order valence-corrected chi connectivity index (χ1v) is 5.78. The van der Waals surface area contributed by atoms with Gasteiger partial charge in [-0.25, -0.2) is 0 Å². The van der Waals surface area contributed by atoms with Crippen LogP contribution in [-0.2, 0) is 0 Å². The topological polar surface area (TPSA) is 38.7 Å². The Hall–Kier alpha value is -1.52. The van der Waals surface area contributed by atoms with Gasteiger partial charge >= 0.3 is 0 Å². The third kappa shape index (κ3) is 1.47. The first-order valence-electron chi connectivity index (χ1n) is 4.67. The highest BCUT2D eigenvalue weighted by molar-refractivity contribution is 6.99. The average Bonchev–Trinajstić information content (AvgIpc) is 2.75. The Morgan fingerprint density at radius 3 is 2.88 bits per heavy atom. The maximum absolute atomic E-state index is 6.00. The zero-order valence-electron chi connectivity index (χ0n) is 8.09. The van der Waals surface area contributed by atoms with Crippen molar-refractivity contribution in [3.8, 4) is 11.3 Å². The highest BCUT2D eigenvalue weighted by Gasteiger charge is 2.10. The van der Waals surface area contributed by atoms with Crippen molar-refractivity contribution in [2.45, 2.75) is 0 Å². The third-order valence-corrected chi connectivity index (χ3v) is 3.28. The molecule has 0 radical (unpaired) electrons. The van der Waals surface area contributed by atoms with Gasteiger partial charge < -0.3 is 0 Å². The van der Waals surface area contributed by atoms with Crippen LogP contribution in [0.3, 0.4) is 0 Å². The summed E-state index contributed by atoms with van der Waals surface area (Å²) in [4.78, 5) is 4.09. The van der Waals surface area contributed by atoms with Crippen molar-refractivity contribution in [1.29, 1.82) is 0 Å². The van der Waals surface area contributed by atoms with Gasteiger partial charge in [0.25, 0.3) is 0 Å². The van der Waals surface area contributed by atoms with E-state index >= 15 is 0 Å². The molecule has 0 N–H and O–H groups in total. The Balaban J connectivity index is 2.36. The van der Waals surface area contributed by atoms with Crippen molar-refractivity contribution < 1.29 is 0 Å². The summed E-state index contributed by atoms with van der Waals surface area (Å²) in [5.41, 5.74) is 1.74. The van der Waals surface area contributed by atoms with Gasteiger partial charge in [-0.15, -0.1) is 0 Å². The van der Waals surface area contributed by atoms with Gasteiger partial charge in [0.05, 0.1) is 11.7 Å². The fourth-order valence-electron chi connectivity index (χ4n) is 1.67. The van der Waals surface area contributed by atoms with Crippen LogP contribution in [0.2, 0.25) is 5.15 Å². The summed E-state index contributed by atoms with van der Waals surface area (Å²) < 4.78 is 8.19. The number of hydrogen-bond donors (Lipinski definition) is 0. The molecule has 0 aliphatic heterocycles. The highest BCUT2D eigenvalue weighted by Crippen LogP contribution is 2.31. The lowest BCUT2D eigenvalue weighted by Crippen LogP contribution is -1.82. The predicted octanol–water partition coefficient (Wildman–Crippen LogP) is 3.41. The molecule has 16 heavy (non-hydrogen) atoms. The normalized spacial score (nSPS) is 10.8. The fraction of sp³-hybridized carbons (Fsp3) is 0. The molecule has 5 heteroatoms. The smallest absolute Gasteiger partial charge is 0.170 e. The number of aromatic nitrogens is 3. The molecule has 0 bridgehead atoms. The van der Waals surface area contributed by atoms with Crippen LogP contribution < -0.4 is 0 Å². The molecule has 0 saturated heterocycles. The molecular formula is C11H6ClN3S.